The van der Waals surface area contributed by atoms with Gasteiger partial charge in [-0.1, -0.05) is 27.7 Å². The molecule has 4 heteroatoms. The second kappa shape index (κ2) is 4.48. The largest absolute Gasteiger partial charge is 0.333 e. The fourth-order valence-electron chi connectivity index (χ4n) is 1.38. The number of hydrogen-bond donors (Lipinski definition) is 1. The average Bonchev–Trinajstić information content (AvgIpc) is 2.59. The Labute approximate surface area is 95.7 Å². The standard InChI is InChI=1S/C12H17N3O/c1-5-6-9-14-8(7-13)10(15-9)11(16)12(2,3)4/h5-6H2,1-4H3,(H,14,15). The summed E-state index contributed by atoms with van der Waals surface area (Å²) in [5.41, 5.74) is 0.0476. The van der Waals surface area contributed by atoms with Crippen LogP contribution in [0, 0.1) is 16.7 Å². The molecule has 0 unspecified atom stereocenters. The van der Waals surface area contributed by atoms with Crippen LogP contribution >= 0.6 is 0 Å². The van der Waals surface area contributed by atoms with Crippen molar-refractivity contribution in [1.29, 1.82) is 5.26 Å². The lowest BCUT2D eigenvalue weighted by Crippen LogP contribution is -2.21. The number of aryl methyl sites for hydroxylation is 1. The van der Waals surface area contributed by atoms with E-state index in [1.165, 1.54) is 0 Å². The lowest BCUT2D eigenvalue weighted by molar-refractivity contribution is 0.0853. The Morgan fingerprint density at radius 3 is 2.56 bits per heavy atom. The van der Waals surface area contributed by atoms with Crippen LogP contribution < -0.4 is 0 Å². The molecule has 86 valence electrons. The first-order valence-electron chi connectivity index (χ1n) is 5.44. The molecule has 4 nitrogen and oxygen atoms in total. The molecule has 0 saturated carbocycles. The molecule has 0 aliphatic rings. The van der Waals surface area contributed by atoms with Crippen LogP contribution in [0.25, 0.3) is 0 Å². The van der Waals surface area contributed by atoms with Crippen molar-refractivity contribution in [2.24, 2.45) is 5.41 Å². The van der Waals surface area contributed by atoms with E-state index < -0.39 is 5.41 Å². The zero-order chi connectivity index (χ0) is 12.3. The summed E-state index contributed by atoms with van der Waals surface area (Å²) in [5.74, 6) is 0.620. The molecule has 1 rings (SSSR count). The van der Waals surface area contributed by atoms with E-state index in [4.69, 9.17) is 5.26 Å². The monoisotopic (exact) mass is 219 g/mol. The maximum Gasteiger partial charge on any atom is 0.189 e. The first kappa shape index (κ1) is 12.4. The van der Waals surface area contributed by atoms with Crippen molar-refractivity contribution in [1.82, 2.24) is 9.97 Å². The predicted molar refractivity (Wildman–Crippen MR) is 61.1 cm³/mol. The Kier molecular flexibility index (Phi) is 3.48. The number of aromatic amines is 1. The molecule has 1 aromatic heterocycles. The Balaban J connectivity index is 3.14. The van der Waals surface area contributed by atoms with E-state index >= 15 is 0 Å². The summed E-state index contributed by atoms with van der Waals surface area (Å²) in [6, 6.07) is 1.99. The lowest BCUT2D eigenvalue weighted by Gasteiger charge is -2.14. The van der Waals surface area contributed by atoms with Crippen LogP contribution in [0.15, 0.2) is 0 Å². The fraction of sp³-hybridized carbons (Fsp3) is 0.583. The van der Waals surface area contributed by atoms with E-state index in [1.807, 2.05) is 33.8 Å². The molecule has 0 aromatic carbocycles. The van der Waals surface area contributed by atoms with Gasteiger partial charge in [0.1, 0.15) is 23.3 Å². The van der Waals surface area contributed by atoms with Gasteiger partial charge in [-0.3, -0.25) is 4.79 Å². The molecular formula is C12H17N3O. The molecule has 0 aliphatic heterocycles. The molecular weight excluding hydrogens is 202 g/mol. The van der Waals surface area contributed by atoms with E-state index in [0.29, 0.717) is 5.82 Å². The Bertz CT molecular complexity index is 432. The minimum atomic E-state index is -0.510. The Hall–Kier alpha value is -1.63. The highest BCUT2D eigenvalue weighted by Gasteiger charge is 2.28. The van der Waals surface area contributed by atoms with Crippen molar-refractivity contribution < 1.29 is 4.79 Å². The first-order valence-corrected chi connectivity index (χ1v) is 5.44. The van der Waals surface area contributed by atoms with Gasteiger partial charge >= 0.3 is 0 Å². The fourth-order valence-corrected chi connectivity index (χ4v) is 1.38. The van der Waals surface area contributed by atoms with Crippen molar-refractivity contribution in [3.63, 3.8) is 0 Å². The first-order chi connectivity index (χ1) is 7.40. The van der Waals surface area contributed by atoms with Gasteiger partial charge in [0.05, 0.1) is 0 Å². The highest BCUT2D eigenvalue weighted by Crippen LogP contribution is 2.21. The second-order valence-corrected chi connectivity index (χ2v) is 4.85. The van der Waals surface area contributed by atoms with Crippen molar-refractivity contribution in [3.05, 3.63) is 17.2 Å². The van der Waals surface area contributed by atoms with Gasteiger partial charge in [0, 0.05) is 11.8 Å². The number of carbonyl (C=O) groups excluding carboxylic acids is 1. The van der Waals surface area contributed by atoms with Gasteiger partial charge in [0.15, 0.2) is 5.78 Å². The molecule has 0 saturated heterocycles. The minimum absolute atomic E-state index is 0.0948. The molecule has 0 fully saturated rings. The summed E-state index contributed by atoms with van der Waals surface area (Å²) < 4.78 is 0. The molecule has 0 amide bonds. The number of ketones is 1. The van der Waals surface area contributed by atoms with E-state index in [9.17, 15) is 4.79 Å². The number of Topliss-reactive ketones (excluding diaryl/α,β-unsaturated/α-hetero) is 1. The normalized spacial score (nSPS) is 11.2. The van der Waals surface area contributed by atoms with Gasteiger partial charge in [0.2, 0.25) is 0 Å². The third-order valence-corrected chi connectivity index (χ3v) is 2.25. The Morgan fingerprint density at radius 1 is 1.50 bits per heavy atom. The molecule has 1 heterocycles. The van der Waals surface area contributed by atoms with E-state index in [-0.39, 0.29) is 17.2 Å². The van der Waals surface area contributed by atoms with E-state index in [0.717, 1.165) is 12.8 Å². The summed E-state index contributed by atoms with van der Waals surface area (Å²) in [4.78, 5) is 19.1. The zero-order valence-corrected chi connectivity index (χ0v) is 10.2. The maximum absolute atomic E-state index is 12.0. The second-order valence-electron chi connectivity index (χ2n) is 4.85. The zero-order valence-electron chi connectivity index (χ0n) is 10.2. The summed E-state index contributed by atoms with van der Waals surface area (Å²) in [5, 5.41) is 8.94. The third-order valence-electron chi connectivity index (χ3n) is 2.25. The van der Waals surface area contributed by atoms with Gasteiger partial charge in [-0.25, -0.2) is 4.98 Å². The van der Waals surface area contributed by atoms with Crippen LogP contribution in [0.5, 0.6) is 0 Å². The van der Waals surface area contributed by atoms with Crippen LogP contribution in [-0.4, -0.2) is 15.8 Å². The highest BCUT2D eigenvalue weighted by molar-refractivity contribution is 5.99. The van der Waals surface area contributed by atoms with Crippen LogP contribution in [0.4, 0.5) is 0 Å². The predicted octanol–water partition coefficient (Wildman–Crippen LogP) is 2.46. The summed E-state index contributed by atoms with van der Waals surface area (Å²) in [7, 11) is 0. The van der Waals surface area contributed by atoms with Gasteiger partial charge in [0.25, 0.3) is 0 Å². The maximum atomic E-state index is 12.0. The molecule has 0 aliphatic carbocycles. The molecule has 0 bridgehead atoms. The smallest absolute Gasteiger partial charge is 0.189 e. The topological polar surface area (TPSA) is 69.5 Å². The highest BCUT2D eigenvalue weighted by atomic mass is 16.1. The number of aromatic nitrogens is 2. The summed E-state index contributed by atoms with van der Waals surface area (Å²) >= 11 is 0. The Morgan fingerprint density at radius 2 is 2.12 bits per heavy atom. The number of rotatable bonds is 3. The van der Waals surface area contributed by atoms with Crippen molar-refractivity contribution in [3.8, 4) is 6.07 Å². The molecule has 1 N–H and O–H groups in total. The number of nitrogens with one attached hydrogen (secondary N) is 1. The van der Waals surface area contributed by atoms with Gasteiger partial charge in [-0.05, 0) is 6.42 Å². The third kappa shape index (κ3) is 2.48. The number of H-pyrrole nitrogens is 1. The number of nitrogens with zero attached hydrogens (tertiary/aromatic N) is 2. The average molecular weight is 219 g/mol. The quantitative estimate of drug-likeness (QED) is 0.794. The molecule has 0 radical (unpaired) electrons. The molecule has 1 aromatic rings. The number of hydrogen-bond acceptors (Lipinski definition) is 3. The van der Waals surface area contributed by atoms with Crippen LogP contribution in [0.3, 0.4) is 0 Å². The van der Waals surface area contributed by atoms with Crippen LogP contribution in [-0.2, 0) is 6.42 Å². The van der Waals surface area contributed by atoms with Crippen molar-refractivity contribution >= 4 is 5.78 Å². The lowest BCUT2D eigenvalue weighted by atomic mass is 9.88. The number of nitriles is 1. The van der Waals surface area contributed by atoms with Gasteiger partial charge in [-0.2, -0.15) is 5.26 Å². The molecule has 0 spiro atoms. The van der Waals surface area contributed by atoms with Crippen molar-refractivity contribution in [2.75, 3.05) is 0 Å². The van der Waals surface area contributed by atoms with Gasteiger partial charge in [-0.15, -0.1) is 0 Å². The number of imidazole rings is 1. The van der Waals surface area contributed by atoms with Crippen LogP contribution in [0.2, 0.25) is 0 Å². The van der Waals surface area contributed by atoms with Gasteiger partial charge < -0.3 is 4.98 Å². The van der Waals surface area contributed by atoms with Crippen molar-refractivity contribution in [2.45, 2.75) is 40.5 Å². The SMILES string of the molecule is CCCc1nc(C(=O)C(C)(C)C)c(C#N)[nH]1. The molecule has 16 heavy (non-hydrogen) atoms. The van der Waals surface area contributed by atoms with Crippen LogP contribution in [0.1, 0.15) is 56.1 Å². The van der Waals surface area contributed by atoms with E-state index in [1.54, 1.807) is 0 Å². The number of carbonyl (C=O) groups is 1. The summed E-state index contributed by atoms with van der Waals surface area (Å²) in [6.07, 6.45) is 1.69. The molecule has 0 atom stereocenters. The minimum Gasteiger partial charge on any atom is -0.333 e. The van der Waals surface area contributed by atoms with E-state index in [2.05, 4.69) is 9.97 Å². The summed E-state index contributed by atoms with van der Waals surface area (Å²) in [6.45, 7) is 7.50.